The number of rotatable bonds is 2. The van der Waals surface area contributed by atoms with Crippen molar-refractivity contribution in [1.29, 1.82) is 0 Å². The monoisotopic (exact) mass is 271 g/mol. The molecule has 0 N–H and O–H groups in total. The van der Waals surface area contributed by atoms with Gasteiger partial charge in [-0.05, 0) is 36.4 Å². The summed E-state index contributed by atoms with van der Waals surface area (Å²) in [6.45, 7) is 0. The smallest absolute Gasteiger partial charge is 0.0934 e. The number of nitrogens with zero attached hydrogens (tertiary/aromatic N) is 1. The molecule has 0 unspecified atom stereocenters. The third-order valence-electron chi connectivity index (χ3n) is 2.63. The summed E-state index contributed by atoms with van der Waals surface area (Å²) < 4.78 is 0.807. The molecule has 0 saturated heterocycles. The zero-order valence-corrected chi connectivity index (χ0v) is 11.1. The Hall–Kier alpha value is -1.64. The highest BCUT2D eigenvalue weighted by Crippen LogP contribution is 2.23. The first-order valence-electron chi connectivity index (χ1n) is 5.60. The Bertz CT molecular complexity index is 715. The second kappa shape index (κ2) is 4.92. The van der Waals surface area contributed by atoms with Gasteiger partial charge >= 0.3 is 0 Å². The van der Waals surface area contributed by atoms with Gasteiger partial charge in [0, 0.05) is 10.3 Å². The molecule has 0 aliphatic rings. The van der Waals surface area contributed by atoms with Gasteiger partial charge in [-0.2, -0.15) is 0 Å². The number of benzene rings is 1. The van der Waals surface area contributed by atoms with E-state index < -0.39 is 0 Å². The van der Waals surface area contributed by atoms with Crippen molar-refractivity contribution in [3.63, 3.8) is 0 Å². The standard InChI is InChI=1S/C15H10ClNS/c16-15-10-9-13(18-15)8-7-12-6-5-11-3-1-2-4-14(11)17-12/h1-10H/b8-7+. The van der Waals surface area contributed by atoms with Gasteiger partial charge in [0.05, 0.1) is 15.5 Å². The van der Waals surface area contributed by atoms with Gasteiger partial charge < -0.3 is 0 Å². The molecule has 0 fully saturated rings. The lowest BCUT2D eigenvalue weighted by molar-refractivity contribution is 1.37. The van der Waals surface area contributed by atoms with Crippen molar-refractivity contribution >= 4 is 46.0 Å². The van der Waals surface area contributed by atoms with Crippen molar-refractivity contribution in [2.45, 2.75) is 0 Å². The molecule has 3 aromatic rings. The van der Waals surface area contributed by atoms with Crippen LogP contribution in [0.25, 0.3) is 23.1 Å². The largest absolute Gasteiger partial charge is 0.248 e. The van der Waals surface area contributed by atoms with Crippen molar-refractivity contribution in [2.75, 3.05) is 0 Å². The Kier molecular flexibility index (Phi) is 3.13. The summed E-state index contributed by atoms with van der Waals surface area (Å²) in [5, 5.41) is 1.16. The van der Waals surface area contributed by atoms with Gasteiger partial charge in [0.1, 0.15) is 0 Å². The lowest BCUT2D eigenvalue weighted by atomic mass is 10.2. The quantitative estimate of drug-likeness (QED) is 0.630. The highest BCUT2D eigenvalue weighted by Gasteiger charge is 1.96. The van der Waals surface area contributed by atoms with Crippen LogP contribution in [-0.4, -0.2) is 4.98 Å². The van der Waals surface area contributed by atoms with E-state index in [0.29, 0.717) is 0 Å². The zero-order chi connectivity index (χ0) is 12.4. The van der Waals surface area contributed by atoms with Crippen LogP contribution >= 0.6 is 22.9 Å². The molecule has 18 heavy (non-hydrogen) atoms. The first-order chi connectivity index (χ1) is 8.81. The summed E-state index contributed by atoms with van der Waals surface area (Å²) in [5.74, 6) is 0. The van der Waals surface area contributed by atoms with Crippen LogP contribution in [-0.2, 0) is 0 Å². The first kappa shape index (κ1) is 11.5. The Labute approximate surface area is 114 Å². The summed E-state index contributed by atoms with van der Waals surface area (Å²) in [5.41, 5.74) is 1.97. The van der Waals surface area contributed by atoms with E-state index in [1.807, 2.05) is 48.6 Å². The molecule has 0 radical (unpaired) electrons. The molecule has 1 aromatic carbocycles. The highest BCUT2D eigenvalue weighted by atomic mass is 35.5. The maximum absolute atomic E-state index is 5.89. The number of thiophene rings is 1. The molecule has 0 atom stereocenters. The van der Waals surface area contributed by atoms with E-state index >= 15 is 0 Å². The maximum atomic E-state index is 5.89. The number of pyridine rings is 1. The van der Waals surface area contributed by atoms with Crippen molar-refractivity contribution in [1.82, 2.24) is 4.98 Å². The van der Waals surface area contributed by atoms with Crippen molar-refractivity contribution in [2.24, 2.45) is 0 Å². The molecule has 0 aliphatic heterocycles. The van der Waals surface area contributed by atoms with Crippen LogP contribution in [0.3, 0.4) is 0 Å². The normalized spacial score (nSPS) is 11.4. The first-order valence-corrected chi connectivity index (χ1v) is 6.80. The second-order valence-electron chi connectivity index (χ2n) is 3.90. The molecule has 0 amide bonds. The average molecular weight is 272 g/mol. The molecule has 0 bridgehead atoms. The van der Waals surface area contributed by atoms with Gasteiger partial charge in [-0.3, -0.25) is 0 Å². The number of fused-ring (bicyclic) bond motifs is 1. The van der Waals surface area contributed by atoms with E-state index in [1.54, 1.807) is 11.3 Å². The molecule has 2 aromatic heterocycles. The third-order valence-corrected chi connectivity index (χ3v) is 3.83. The van der Waals surface area contributed by atoms with E-state index in [0.717, 1.165) is 25.8 Å². The average Bonchev–Trinajstić information content (AvgIpc) is 2.82. The maximum Gasteiger partial charge on any atom is 0.0934 e. The van der Waals surface area contributed by atoms with Crippen LogP contribution in [0, 0.1) is 0 Å². The lowest BCUT2D eigenvalue weighted by Gasteiger charge is -1.97. The van der Waals surface area contributed by atoms with E-state index in [1.165, 1.54) is 0 Å². The van der Waals surface area contributed by atoms with Crippen LogP contribution in [0.4, 0.5) is 0 Å². The molecular weight excluding hydrogens is 262 g/mol. The SMILES string of the molecule is Clc1ccc(/C=C/c2ccc3ccccc3n2)s1. The minimum atomic E-state index is 0.807. The predicted molar refractivity (Wildman–Crippen MR) is 80.0 cm³/mol. The van der Waals surface area contributed by atoms with Crippen LogP contribution < -0.4 is 0 Å². The van der Waals surface area contributed by atoms with Gasteiger partial charge in [0.2, 0.25) is 0 Å². The van der Waals surface area contributed by atoms with Gasteiger partial charge in [-0.15, -0.1) is 11.3 Å². The van der Waals surface area contributed by atoms with Gasteiger partial charge in [-0.1, -0.05) is 35.9 Å². The number of hydrogen-bond acceptors (Lipinski definition) is 2. The van der Waals surface area contributed by atoms with Crippen LogP contribution in [0.2, 0.25) is 4.34 Å². The summed E-state index contributed by atoms with van der Waals surface area (Å²) in [6.07, 6.45) is 4.04. The second-order valence-corrected chi connectivity index (χ2v) is 5.65. The van der Waals surface area contributed by atoms with E-state index in [4.69, 9.17) is 11.6 Å². The fourth-order valence-corrected chi connectivity index (χ4v) is 2.72. The number of aromatic nitrogens is 1. The van der Waals surface area contributed by atoms with Crippen molar-refractivity contribution < 1.29 is 0 Å². The van der Waals surface area contributed by atoms with Crippen molar-refractivity contribution in [3.8, 4) is 0 Å². The predicted octanol–water partition coefficient (Wildman–Crippen LogP) is 5.12. The topological polar surface area (TPSA) is 12.9 Å². The Balaban J connectivity index is 1.93. The molecule has 0 aliphatic carbocycles. The molecule has 0 spiro atoms. The Morgan fingerprint density at radius 3 is 2.67 bits per heavy atom. The van der Waals surface area contributed by atoms with Gasteiger partial charge in [0.15, 0.2) is 0 Å². The van der Waals surface area contributed by atoms with E-state index in [2.05, 4.69) is 17.1 Å². The minimum absolute atomic E-state index is 0.807. The fourth-order valence-electron chi connectivity index (χ4n) is 1.76. The van der Waals surface area contributed by atoms with Crippen LogP contribution in [0.15, 0.2) is 48.5 Å². The third kappa shape index (κ3) is 2.45. The lowest BCUT2D eigenvalue weighted by Crippen LogP contribution is -1.81. The molecule has 0 saturated carbocycles. The van der Waals surface area contributed by atoms with Crippen LogP contribution in [0.1, 0.15) is 10.6 Å². The zero-order valence-electron chi connectivity index (χ0n) is 9.51. The fraction of sp³-hybridized carbons (Fsp3) is 0. The Morgan fingerprint density at radius 2 is 1.83 bits per heavy atom. The van der Waals surface area contributed by atoms with Crippen LogP contribution in [0.5, 0.6) is 0 Å². The number of para-hydroxylation sites is 1. The molecule has 2 heterocycles. The summed E-state index contributed by atoms with van der Waals surface area (Å²) >= 11 is 7.45. The molecule has 3 rings (SSSR count). The summed E-state index contributed by atoms with van der Waals surface area (Å²) in [7, 11) is 0. The molecule has 3 heteroatoms. The molecule has 88 valence electrons. The number of hydrogen-bond donors (Lipinski definition) is 0. The minimum Gasteiger partial charge on any atom is -0.248 e. The van der Waals surface area contributed by atoms with E-state index in [-0.39, 0.29) is 0 Å². The number of halogens is 1. The van der Waals surface area contributed by atoms with Crippen molar-refractivity contribution in [3.05, 3.63) is 63.4 Å². The Morgan fingerprint density at radius 1 is 0.944 bits per heavy atom. The highest BCUT2D eigenvalue weighted by molar-refractivity contribution is 7.17. The molecular formula is C15H10ClNS. The molecule has 1 nitrogen and oxygen atoms in total. The van der Waals surface area contributed by atoms with Gasteiger partial charge in [-0.25, -0.2) is 4.98 Å². The van der Waals surface area contributed by atoms with E-state index in [9.17, 15) is 0 Å². The summed E-state index contributed by atoms with van der Waals surface area (Å²) in [4.78, 5) is 5.72. The summed E-state index contributed by atoms with van der Waals surface area (Å²) in [6, 6.07) is 16.1. The van der Waals surface area contributed by atoms with Gasteiger partial charge in [0.25, 0.3) is 0 Å².